The quantitative estimate of drug-likeness (QED) is 0.0734. The lowest BCUT2D eigenvalue weighted by molar-refractivity contribution is -0.121. The molecule has 4 aromatic heterocycles. The number of aliphatic hydroxyl groups is 1. The second-order valence-corrected chi connectivity index (χ2v) is 20.0. The van der Waals surface area contributed by atoms with Crippen molar-refractivity contribution in [1.29, 1.82) is 0 Å². The number of anilines is 1. The van der Waals surface area contributed by atoms with Crippen molar-refractivity contribution in [3.8, 4) is 52.6 Å². The molecule has 6 atom stereocenters. The van der Waals surface area contributed by atoms with E-state index in [1.807, 2.05) is 24.3 Å². The number of imidazole rings is 1. The van der Waals surface area contributed by atoms with Gasteiger partial charge in [0.1, 0.15) is 60.1 Å². The summed E-state index contributed by atoms with van der Waals surface area (Å²) in [6, 6.07) is 18.3. The van der Waals surface area contributed by atoms with Crippen molar-refractivity contribution in [3.05, 3.63) is 89.1 Å². The number of aromatic amines is 1. The highest BCUT2D eigenvalue weighted by Gasteiger charge is 2.49. The molecule has 75 heavy (non-hydrogen) atoms. The van der Waals surface area contributed by atoms with Crippen LogP contribution >= 0.6 is 11.6 Å². The van der Waals surface area contributed by atoms with Crippen LogP contribution in [0, 0.1) is 24.0 Å². The zero-order valence-electron chi connectivity index (χ0n) is 40.8. The standard InChI is InChI=1S/C54H54ClF2N11O7/c1-2-35-39(56)13-8-30-4-3-5-36(44(30)35)47-45(57)48-37(25-59-47)52(68-26-32-9-10-33(27-68)60-32)65-53(63-48)72-23-21-67-19-17-66(18-20-67)16-14-43(70)58-15-22-71-34-11-6-31(7-12-34)46-38(55)24-40-51(62-46)64-54(61-40)75-42-29-74-49-41(69)28-73-50(42)49/h1,3-8,11-13,24-25,32-33,41-42,49-50,60,69H,9-10,14-23,26-29H2,(H,58,70)(H,61,62,64). The van der Waals surface area contributed by atoms with Gasteiger partial charge in [-0.2, -0.15) is 15.0 Å². The normalized spacial score (nSPS) is 22.7. The molecule has 7 aromatic rings. The van der Waals surface area contributed by atoms with Crippen molar-refractivity contribution in [2.75, 3.05) is 90.2 Å². The van der Waals surface area contributed by atoms with Crippen LogP contribution in [0.3, 0.4) is 0 Å². The van der Waals surface area contributed by atoms with Crippen LogP contribution in [-0.2, 0) is 14.3 Å². The zero-order valence-corrected chi connectivity index (χ0v) is 41.6. The number of terminal acetylenes is 1. The van der Waals surface area contributed by atoms with E-state index in [9.17, 15) is 14.3 Å². The van der Waals surface area contributed by atoms with Crippen molar-refractivity contribution in [2.24, 2.45) is 0 Å². The topological polar surface area (TPSA) is 197 Å². The number of rotatable bonds is 16. The second kappa shape index (κ2) is 21.1. The third-order valence-electron chi connectivity index (χ3n) is 14.8. The van der Waals surface area contributed by atoms with Gasteiger partial charge in [-0.15, -0.1) is 6.42 Å². The van der Waals surface area contributed by atoms with E-state index in [1.165, 1.54) is 6.07 Å². The number of ether oxygens (including phenoxy) is 5. The molecule has 6 unspecified atom stereocenters. The molecule has 1 amide bonds. The molecule has 4 N–H and O–H groups in total. The maximum absolute atomic E-state index is 16.9. The van der Waals surface area contributed by atoms with Crippen LogP contribution in [0.25, 0.3) is 55.4 Å². The Kier molecular flexibility index (Phi) is 13.8. The maximum atomic E-state index is 16.9. The van der Waals surface area contributed by atoms with Crippen LogP contribution in [0.2, 0.25) is 5.02 Å². The first kappa shape index (κ1) is 49.1. The summed E-state index contributed by atoms with van der Waals surface area (Å²) in [6.07, 6.45) is 7.96. The van der Waals surface area contributed by atoms with Gasteiger partial charge < -0.3 is 54.2 Å². The molecule has 18 nitrogen and oxygen atoms in total. The molecule has 0 spiro atoms. The highest BCUT2D eigenvalue weighted by molar-refractivity contribution is 6.33. The minimum atomic E-state index is -0.676. The molecule has 388 valence electrons. The lowest BCUT2D eigenvalue weighted by atomic mass is 9.96. The molecule has 21 heteroatoms. The van der Waals surface area contributed by atoms with E-state index in [0.717, 1.165) is 44.6 Å². The molecule has 0 aliphatic carbocycles. The number of H-pyrrole nitrogens is 1. The summed E-state index contributed by atoms with van der Waals surface area (Å²) >= 11 is 6.65. The lowest BCUT2D eigenvalue weighted by Crippen LogP contribution is -2.51. The largest absolute Gasteiger partial charge is 0.492 e. The SMILES string of the molecule is C#Cc1c(F)ccc2cccc(-c3ncc4c(N5CC6CCC(C5)N6)nc(OCCN5CCN(CCC(=O)NCCOc6ccc(-c7nc8nc(OC9COC%10C(O)COC9%10)[nH]c8cc7Cl)cc6)CC5)nc4c3F)c12. The minimum Gasteiger partial charge on any atom is -0.492 e. The molecule has 5 fully saturated rings. The Hall–Kier alpha value is -6.83. The summed E-state index contributed by atoms with van der Waals surface area (Å²) in [5, 5.41) is 18.6. The number of aliphatic hydroxyl groups excluding tert-OH is 1. The molecule has 12 rings (SSSR count). The van der Waals surface area contributed by atoms with Gasteiger partial charge in [0, 0.05) is 93.6 Å². The number of benzene rings is 3. The molecule has 0 saturated carbocycles. The van der Waals surface area contributed by atoms with Gasteiger partial charge in [-0.1, -0.05) is 41.8 Å². The average Bonchev–Trinajstić information content (AvgIpc) is 4.21. The zero-order chi connectivity index (χ0) is 51.2. The highest BCUT2D eigenvalue weighted by atomic mass is 35.5. The number of aromatic nitrogens is 6. The number of nitrogens with one attached hydrogen (secondary N) is 3. The molecule has 2 bridgehead atoms. The number of pyridine rings is 2. The van der Waals surface area contributed by atoms with E-state index in [-0.39, 0.29) is 60.6 Å². The van der Waals surface area contributed by atoms with Crippen LogP contribution in [0.15, 0.2) is 66.9 Å². The maximum Gasteiger partial charge on any atom is 0.319 e. The molecular weight excluding hydrogens is 988 g/mol. The Morgan fingerprint density at radius 1 is 0.907 bits per heavy atom. The molecule has 5 aliphatic heterocycles. The monoisotopic (exact) mass is 1040 g/mol. The fourth-order valence-electron chi connectivity index (χ4n) is 10.9. The lowest BCUT2D eigenvalue weighted by Gasteiger charge is -2.34. The molecule has 3 aromatic carbocycles. The summed E-state index contributed by atoms with van der Waals surface area (Å²) in [6.45, 7) is 7.23. The van der Waals surface area contributed by atoms with Crippen LogP contribution in [0.5, 0.6) is 17.8 Å². The smallest absolute Gasteiger partial charge is 0.319 e. The second-order valence-electron chi connectivity index (χ2n) is 19.6. The fourth-order valence-corrected chi connectivity index (χ4v) is 11.2. The number of nitrogens with zero attached hydrogens (tertiary/aromatic N) is 8. The number of fused-ring (bicyclic) bond motifs is 6. The number of piperazine rings is 2. The van der Waals surface area contributed by atoms with Crippen molar-refractivity contribution in [3.63, 3.8) is 0 Å². The number of halogens is 3. The number of carbonyl (C=O) groups excluding carboxylic acids is 1. The Morgan fingerprint density at radius 2 is 1.69 bits per heavy atom. The fraction of sp³-hybridized carbons (Fsp3) is 0.407. The summed E-state index contributed by atoms with van der Waals surface area (Å²) in [5.41, 5.74) is 2.88. The Morgan fingerprint density at radius 3 is 2.49 bits per heavy atom. The first-order valence-corrected chi connectivity index (χ1v) is 25.8. The van der Waals surface area contributed by atoms with Crippen molar-refractivity contribution >= 4 is 56.2 Å². The predicted octanol–water partition coefficient (Wildman–Crippen LogP) is 5.12. The van der Waals surface area contributed by atoms with Gasteiger partial charge in [-0.25, -0.2) is 13.8 Å². The van der Waals surface area contributed by atoms with E-state index in [2.05, 4.69) is 56.2 Å². The van der Waals surface area contributed by atoms with Crippen molar-refractivity contribution in [2.45, 2.75) is 55.8 Å². The number of hydrogen-bond donors (Lipinski definition) is 4. The van der Waals surface area contributed by atoms with Crippen molar-refractivity contribution in [1.82, 2.24) is 50.3 Å². The van der Waals surface area contributed by atoms with Gasteiger partial charge in [-0.05, 0) is 54.6 Å². The molecular formula is C54H54ClF2N11O7. The molecule has 5 saturated heterocycles. The van der Waals surface area contributed by atoms with E-state index in [0.29, 0.717) is 113 Å². The van der Waals surface area contributed by atoms with Gasteiger partial charge in [0.15, 0.2) is 17.6 Å². The summed E-state index contributed by atoms with van der Waals surface area (Å²) in [4.78, 5) is 45.9. The first-order valence-electron chi connectivity index (χ1n) is 25.4. The van der Waals surface area contributed by atoms with E-state index >= 15 is 4.39 Å². The van der Waals surface area contributed by atoms with E-state index < -0.39 is 29.9 Å². The highest BCUT2D eigenvalue weighted by Crippen LogP contribution is 2.38. The Balaban J connectivity index is 0.603. The summed E-state index contributed by atoms with van der Waals surface area (Å²) < 4.78 is 61.3. The van der Waals surface area contributed by atoms with Crippen LogP contribution in [0.4, 0.5) is 14.6 Å². The van der Waals surface area contributed by atoms with Crippen LogP contribution in [0.1, 0.15) is 24.8 Å². The number of hydrogen-bond acceptors (Lipinski definition) is 16. The van der Waals surface area contributed by atoms with E-state index in [4.69, 9.17) is 46.7 Å². The first-order chi connectivity index (χ1) is 36.6. The Bertz CT molecular complexity index is 3310. The minimum absolute atomic E-state index is 0.0148. The number of carbonyl (C=O) groups is 1. The summed E-state index contributed by atoms with van der Waals surface area (Å²) in [7, 11) is 0. The van der Waals surface area contributed by atoms with Crippen molar-refractivity contribution < 1.29 is 42.4 Å². The predicted molar refractivity (Wildman–Crippen MR) is 276 cm³/mol. The molecule has 0 radical (unpaired) electrons. The van der Waals surface area contributed by atoms with Crippen LogP contribution < -0.4 is 29.7 Å². The molecule has 5 aliphatic rings. The van der Waals surface area contributed by atoms with Gasteiger partial charge >= 0.3 is 6.01 Å². The van der Waals surface area contributed by atoms with Gasteiger partial charge in [0.2, 0.25) is 5.91 Å². The third kappa shape index (κ3) is 10.1. The molecule has 9 heterocycles. The van der Waals surface area contributed by atoms with Gasteiger partial charge in [0.25, 0.3) is 6.01 Å². The number of amides is 1. The Labute approximate surface area is 435 Å². The van der Waals surface area contributed by atoms with E-state index in [1.54, 1.807) is 36.5 Å². The third-order valence-corrected chi connectivity index (χ3v) is 15.1. The van der Waals surface area contributed by atoms with Gasteiger partial charge in [-0.3, -0.25) is 14.7 Å². The average molecular weight is 1040 g/mol. The summed E-state index contributed by atoms with van der Waals surface area (Å²) in [5.74, 6) is 2.37. The van der Waals surface area contributed by atoms with Crippen LogP contribution in [-0.4, -0.2) is 173 Å². The van der Waals surface area contributed by atoms with Gasteiger partial charge in [0.05, 0.1) is 46.9 Å².